The molecule has 0 radical (unpaired) electrons. The lowest BCUT2D eigenvalue weighted by molar-refractivity contribution is -0.0934. The molecule has 33 heavy (non-hydrogen) atoms. The number of alkyl halides is 1. The van der Waals surface area contributed by atoms with Crippen molar-refractivity contribution in [2.45, 2.75) is 102 Å². The minimum Gasteiger partial charge on any atom is -0.413 e. The van der Waals surface area contributed by atoms with Gasteiger partial charge in [0.05, 0.1) is 6.61 Å². The quantitative estimate of drug-likeness (QED) is 0.432. The molecule has 1 aliphatic rings. The molecule has 0 saturated carbocycles. The maximum Gasteiger partial charge on any atom is 0.330 e. The molecule has 1 fully saturated rings. The first-order valence-electron chi connectivity index (χ1n) is 11.4. The van der Waals surface area contributed by atoms with Gasteiger partial charge in [0.1, 0.15) is 11.7 Å². The second kappa shape index (κ2) is 9.03. The van der Waals surface area contributed by atoms with Crippen LogP contribution in [-0.2, 0) is 13.6 Å². The van der Waals surface area contributed by atoms with Gasteiger partial charge in [-0.3, -0.25) is 14.3 Å². The maximum atomic E-state index is 16.1. The molecule has 0 bridgehead atoms. The van der Waals surface area contributed by atoms with Crippen LogP contribution in [0.1, 0.15) is 47.8 Å². The first-order chi connectivity index (χ1) is 14.8. The largest absolute Gasteiger partial charge is 0.413 e. The monoisotopic (exact) mass is 500 g/mol. The number of H-pyrrole nitrogens is 1. The third-order valence-corrected chi connectivity index (χ3v) is 16.5. The Labute approximate surface area is 198 Å². The number of halogens is 1. The molecule has 1 unspecified atom stereocenters. The van der Waals surface area contributed by atoms with E-state index in [0.29, 0.717) is 0 Å². The van der Waals surface area contributed by atoms with Crippen molar-refractivity contribution in [2.24, 2.45) is 0 Å². The second-order valence-electron chi connectivity index (χ2n) is 12.0. The summed E-state index contributed by atoms with van der Waals surface area (Å²) in [5.74, 6) is 0. The zero-order valence-corrected chi connectivity index (χ0v) is 23.7. The summed E-state index contributed by atoms with van der Waals surface area (Å²) in [4.78, 5) is 26.2. The Balaban J connectivity index is 2.55. The SMILES string of the molecule is C=C[C@]1(CO[Si](C)(C)C(C)(C)C)O[C@@H](n2ccc(=O)[nH]c2=O)[C@@H](F)C1O[Si](C)(C)C(C)(C)C. The molecule has 7 nitrogen and oxygen atoms in total. The lowest BCUT2D eigenvalue weighted by Crippen LogP contribution is -2.55. The zero-order valence-electron chi connectivity index (χ0n) is 21.7. The molecular formula is C23H41FN2O5Si2. The Kier molecular flexibility index (Phi) is 7.64. The van der Waals surface area contributed by atoms with Crippen molar-refractivity contribution in [2.75, 3.05) is 6.61 Å². The number of aromatic amines is 1. The summed E-state index contributed by atoms with van der Waals surface area (Å²) in [5, 5.41) is -0.235. The fourth-order valence-electron chi connectivity index (χ4n) is 3.12. The number of ether oxygens (including phenoxy) is 1. The highest BCUT2D eigenvalue weighted by molar-refractivity contribution is 6.74. The van der Waals surface area contributed by atoms with Crippen molar-refractivity contribution in [3.63, 3.8) is 0 Å². The lowest BCUT2D eigenvalue weighted by atomic mass is 9.97. The fraction of sp³-hybridized carbons (Fsp3) is 0.739. The van der Waals surface area contributed by atoms with Gasteiger partial charge in [-0.15, -0.1) is 6.58 Å². The fourth-order valence-corrected chi connectivity index (χ4v) is 5.46. The molecule has 10 heteroatoms. The number of nitrogens with zero attached hydrogens (tertiary/aromatic N) is 1. The molecule has 0 aliphatic carbocycles. The summed E-state index contributed by atoms with van der Waals surface area (Å²) in [6.07, 6.45) is -1.20. The van der Waals surface area contributed by atoms with Gasteiger partial charge in [-0.2, -0.15) is 0 Å². The van der Waals surface area contributed by atoms with Crippen LogP contribution in [0.25, 0.3) is 0 Å². The molecule has 1 saturated heterocycles. The number of aromatic nitrogens is 2. The van der Waals surface area contributed by atoms with Crippen molar-refractivity contribution in [3.05, 3.63) is 45.8 Å². The van der Waals surface area contributed by atoms with Crippen molar-refractivity contribution in [1.29, 1.82) is 0 Å². The zero-order chi connectivity index (χ0) is 25.6. The van der Waals surface area contributed by atoms with Crippen molar-refractivity contribution in [1.82, 2.24) is 9.55 Å². The molecule has 2 rings (SSSR count). The smallest absolute Gasteiger partial charge is 0.330 e. The Morgan fingerprint density at radius 3 is 2.15 bits per heavy atom. The van der Waals surface area contributed by atoms with E-state index >= 15 is 4.39 Å². The Morgan fingerprint density at radius 2 is 1.70 bits per heavy atom. The van der Waals surface area contributed by atoms with E-state index in [0.717, 1.165) is 4.57 Å². The molecule has 0 amide bonds. The van der Waals surface area contributed by atoms with Gasteiger partial charge in [0.15, 0.2) is 29.0 Å². The van der Waals surface area contributed by atoms with Gasteiger partial charge in [-0.25, -0.2) is 9.18 Å². The normalized spacial score (nSPS) is 27.1. The van der Waals surface area contributed by atoms with Crippen molar-refractivity contribution >= 4 is 16.6 Å². The van der Waals surface area contributed by atoms with Crippen LogP contribution < -0.4 is 11.2 Å². The second-order valence-corrected chi connectivity index (χ2v) is 21.5. The van der Waals surface area contributed by atoms with Gasteiger partial charge < -0.3 is 13.6 Å². The van der Waals surface area contributed by atoms with E-state index in [1.807, 2.05) is 13.1 Å². The van der Waals surface area contributed by atoms with E-state index < -0.39 is 52.0 Å². The van der Waals surface area contributed by atoms with Crippen LogP contribution in [0.4, 0.5) is 4.39 Å². The van der Waals surface area contributed by atoms with Gasteiger partial charge in [0.2, 0.25) is 0 Å². The number of rotatable bonds is 7. The summed E-state index contributed by atoms with van der Waals surface area (Å²) in [6, 6.07) is 1.17. The van der Waals surface area contributed by atoms with Gasteiger partial charge in [-0.1, -0.05) is 47.6 Å². The Morgan fingerprint density at radius 1 is 1.15 bits per heavy atom. The summed E-state index contributed by atoms with van der Waals surface area (Å²) >= 11 is 0. The molecule has 1 aromatic heterocycles. The van der Waals surface area contributed by atoms with E-state index in [1.54, 1.807) is 6.08 Å². The minimum atomic E-state index is -2.44. The van der Waals surface area contributed by atoms with Crippen LogP contribution in [0, 0.1) is 0 Å². The first kappa shape index (κ1) is 27.9. The summed E-state index contributed by atoms with van der Waals surface area (Å²) in [5.41, 5.74) is -2.61. The summed E-state index contributed by atoms with van der Waals surface area (Å²) < 4.78 is 36.4. The molecule has 1 aromatic rings. The highest BCUT2D eigenvalue weighted by Crippen LogP contribution is 2.47. The molecule has 4 atom stereocenters. The summed E-state index contributed by atoms with van der Waals surface area (Å²) in [6.45, 7) is 24.9. The predicted molar refractivity (Wildman–Crippen MR) is 134 cm³/mol. The standard InChI is InChI=1S/C23H41FN2O5Si2/c1-12-23(15-29-32(8,9)21(2,3)4)18(31-33(10,11)22(5,6)7)17(24)19(30-23)26-14-13-16(27)25-20(26)28/h12-14,17-19H,1,15H2,2-11H3,(H,25,27,28)/t17-,18?,19+,23+/m0/s1. The average Bonchev–Trinajstić information content (AvgIpc) is 2.91. The molecule has 1 N–H and O–H groups in total. The highest BCUT2D eigenvalue weighted by Gasteiger charge is 2.59. The molecule has 188 valence electrons. The van der Waals surface area contributed by atoms with Crippen molar-refractivity contribution in [3.8, 4) is 0 Å². The van der Waals surface area contributed by atoms with Gasteiger partial charge in [-0.05, 0) is 36.3 Å². The molecule has 1 aliphatic heterocycles. The molecule has 0 spiro atoms. The highest BCUT2D eigenvalue weighted by atomic mass is 28.4. The lowest BCUT2D eigenvalue weighted by Gasteiger charge is -2.44. The van der Waals surface area contributed by atoms with Crippen LogP contribution in [0.2, 0.25) is 36.3 Å². The van der Waals surface area contributed by atoms with Crippen LogP contribution in [-0.4, -0.2) is 50.7 Å². The van der Waals surface area contributed by atoms with Crippen LogP contribution in [0.5, 0.6) is 0 Å². The molecular weight excluding hydrogens is 459 g/mol. The molecule has 2 heterocycles. The third kappa shape index (κ3) is 5.50. The average molecular weight is 501 g/mol. The number of hydrogen-bond acceptors (Lipinski definition) is 5. The van der Waals surface area contributed by atoms with Gasteiger partial charge in [0, 0.05) is 12.3 Å². The van der Waals surface area contributed by atoms with Crippen molar-refractivity contribution < 1.29 is 18.0 Å². The van der Waals surface area contributed by atoms with Crippen LogP contribution in [0.15, 0.2) is 34.5 Å². The van der Waals surface area contributed by atoms with E-state index in [1.165, 1.54) is 12.3 Å². The van der Waals surface area contributed by atoms with Crippen LogP contribution in [0.3, 0.4) is 0 Å². The van der Waals surface area contributed by atoms with Gasteiger partial charge >= 0.3 is 5.69 Å². The first-order valence-corrected chi connectivity index (χ1v) is 17.2. The molecule has 0 aromatic carbocycles. The summed E-state index contributed by atoms with van der Waals surface area (Å²) in [7, 11) is -4.65. The number of hydrogen-bond donors (Lipinski definition) is 1. The maximum absolute atomic E-state index is 16.1. The van der Waals surface area contributed by atoms with E-state index in [2.05, 4.69) is 66.2 Å². The Hall–Kier alpha value is -1.34. The van der Waals surface area contributed by atoms with E-state index in [9.17, 15) is 9.59 Å². The Bertz CT molecular complexity index is 977. The van der Waals surface area contributed by atoms with Gasteiger partial charge in [0.25, 0.3) is 5.56 Å². The topological polar surface area (TPSA) is 82.5 Å². The minimum absolute atomic E-state index is 0.0569. The predicted octanol–water partition coefficient (Wildman–Crippen LogP) is 4.74. The third-order valence-electron chi connectivity index (χ3n) is 7.55. The van der Waals surface area contributed by atoms with E-state index in [4.69, 9.17) is 13.6 Å². The number of nitrogens with one attached hydrogen (secondary N) is 1. The van der Waals surface area contributed by atoms with E-state index in [-0.39, 0.29) is 16.7 Å². The van der Waals surface area contributed by atoms with Crippen LogP contribution >= 0.6 is 0 Å².